The third-order valence-corrected chi connectivity index (χ3v) is 3.03. The SMILES string of the molecule is Cc1nc[n+](C)c2c1cnn2-c1ccc(F)cc1F. The molecule has 19 heavy (non-hydrogen) atoms. The molecule has 3 rings (SSSR count). The van der Waals surface area contributed by atoms with E-state index in [0.29, 0.717) is 5.65 Å². The van der Waals surface area contributed by atoms with Crippen LogP contribution in [0.5, 0.6) is 0 Å². The van der Waals surface area contributed by atoms with Gasteiger partial charge >= 0.3 is 0 Å². The Morgan fingerprint density at radius 2 is 2.05 bits per heavy atom. The maximum absolute atomic E-state index is 13.8. The molecule has 0 aliphatic rings. The number of halogens is 2. The summed E-state index contributed by atoms with van der Waals surface area (Å²) in [5.74, 6) is -1.26. The molecule has 0 aliphatic carbocycles. The molecule has 2 heterocycles. The minimum Gasteiger partial charge on any atom is -0.237 e. The number of rotatable bonds is 1. The summed E-state index contributed by atoms with van der Waals surface area (Å²) >= 11 is 0. The van der Waals surface area contributed by atoms with Gasteiger partial charge in [-0.3, -0.25) is 0 Å². The van der Waals surface area contributed by atoms with Crippen molar-refractivity contribution in [3.8, 4) is 5.69 Å². The Balaban J connectivity index is 2.34. The molecule has 0 N–H and O–H groups in total. The van der Waals surface area contributed by atoms with Crippen molar-refractivity contribution in [2.24, 2.45) is 7.05 Å². The summed E-state index contributed by atoms with van der Waals surface area (Å²) in [4.78, 5) is 4.21. The van der Waals surface area contributed by atoms with Crippen LogP contribution in [-0.2, 0) is 7.05 Å². The summed E-state index contributed by atoms with van der Waals surface area (Å²) < 4.78 is 30.0. The van der Waals surface area contributed by atoms with Crippen molar-refractivity contribution in [2.45, 2.75) is 6.92 Å². The van der Waals surface area contributed by atoms with Crippen LogP contribution in [0.15, 0.2) is 30.7 Å². The fourth-order valence-corrected chi connectivity index (χ4v) is 2.06. The van der Waals surface area contributed by atoms with E-state index in [0.717, 1.165) is 17.1 Å². The summed E-state index contributed by atoms with van der Waals surface area (Å²) in [6.45, 7) is 1.86. The first-order valence-corrected chi connectivity index (χ1v) is 5.72. The summed E-state index contributed by atoms with van der Waals surface area (Å²) in [6, 6.07) is 3.42. The molecule has 0 saturated heterocycles. The number of hydrogen-bond donors (Lipinski definition) is 0. The van der Waals surface area contributed by atoms with Gasteiger partial charge in [-0.05, 0) is 19.1 Å². The van der Waals surface area contributed by atoms with Gasteiger partial charge in [-0.1, -0.05) is 0 Å². The molecule has 3 aromatic rings. The van der Waals surface area contributed by atoms with Gasteiger partial charge < -0.3 is 0 Å². The van der Waals surface area contributed by atoms with Gasteiger partial charge in [-0.2, -0.15) is 0 Å². The zero-order valence-corrected chi connectivity index (χ0v) is 10.4. The molecule has 96 valence electrons. The topological polar surface area (TPSA) is 34.6 Å². The molecular formula is C13H11F2N4+. The maximum atomic E-state index is 13.8. The lowest BCUT2D eigenvalue weighted by Gasteiger charge is -2.02. The van der Waals surface area contributed by atoms with Crippen molar-refractivity contribution in [3.63, 3.8) is 0 Å². The normalized spacial score (nSPS) is 11.2. The van der Waals surface area contributed by atoms with Crippen molar-refractivity contribution in [1.82, 2.24) is 14.8 Å². The summed E-state index contributed by atoms with van der Waals surface area (Å²) in [7, 11) is 1.80. The average molecular weight is 261 g/mol. The van der Waals surface area contributed by atoms with Gasteiger partial charge in [0, 0.05) is 6.07 Å². The van der Waals surface area contributed by atoms with Gasteiger partial charge in [-0.25, -0.2) is 13.3 Å². The van der Waals surface area contributed by atoms with Gasteiger partial charge in [0.1, 0.15) is 16.9 Å². The van der Waals surface area contributed by atoms with E-state index in [9.17, 15) is 8.78 Å². The number of fused-ring (bicyclic) bond motifs is 1. The second-order valence-electron chi connectivity index (χ2n) is 4.33. The first-order chi connectivity index (χ1) is 9.08. The van der Waals surface area contributed by atoms with Gasteiger partial charge in [-0.15, -0.1) is 14.8 Å². The quantitative estimate of drug-likeness (QED) is 0.626. The third kappa shape index (κ3) is 1.76. The predicted octanol–water partition coefficient (Wildman–Crippen LogP) is 1.83. The molecule has 2 aromatic heterocycles. The molecule has 4 nitrogen and oxygen atoms in total. The fraction of sp³-hybridized carbons (Fsp3) is 0.154. The second-order valence-corrected chi connectivity index (χ2v) is 4.33. The maximum Gasteiger partial charge on any atom is 0.264 e. The number of benzene rings is 1. The lowest BCUT2D eigenvalue weighted by Crippen LogP contribution is -2.32. The Kier molecular flexibility index (Phi) is 2.51. The minimum absolute atomic E-state index is 0.206. The first kappa shape index (κ1) is 11.7. The molecule has 0 unspecified atom stereocenters. The molecule has 0 aliphatic heterocycles. The van der Waals surface area contributed by atoms with Gasteiger partial charge in [0.15, 0.2) is 11.5 Å². The average Bonchev–Trinajstić information content (AvgIpc) is 2.80. The largest absolute Gasteiger partial charge is 0.264 e. The molecule has 0 bridgehead atoms. The van der Waals surface area contributed by atoms with E-state index >= 15 is 0 Å². The Labute approximate surface area is 107 Å². The summed E-state index contributed by atoms with van der Waals surface area (Å²) in [5, 5.41) is 5.00. The zero-order valence-electron chi connectivity index (χ0n) is 10.4. The van der Waals surface area contributed by atoms with Crippen LogP contribution in [0, 0.1) is 18.6 Å². The fourth-order valence-electron chi connectivity index (χ4n) is 2.06. The number of hydrogen-bond acceptors (Lipinski definition) is 2. The molecule has 1 aromatic carbocycles. The lowest BCUT2D eigenvalue weighted by molar-refractivity contribution is -0.650. The van der Waals surface area contributed by atoms with Crippen molar-refractivity contribution in [1.29, 1.82) is 0 Å². The summed E-state index contributed by atoms with van der Waals surface area (Å²) in [6.07, 6.45) is 3.26. The van der Waals surface area contributed by atoms with Crippen LogP contribution in [0.3, 0.4) is 0 Å². The number of aromatic nitrogens is 4. The van der Waals surface area contributed by atoms with Gasteiger partial charge in [0.2, 0.25) is 6.33 Å². The van der Waals surface area contributed by atoms with Crippen molar-refractivity contribution in [2.75, 3.05) is 0 Å². The van der Waals surface area contributed by atoms with Gasteiger partial charge in [0.05, 0.1) is 13.2 Å². The smallest absolute Gasteiger partial charge is 0.237 e. The minimum atomic E-state index is -0.653. The third-order valence-electron chi connectivity index (χ3n) is 3.03. The molecule has 0 saturated carbocycles. The van der Waals surface area contributed by atoms with Crippen LogP contribution in [0.2, 0.25) is 0 Å². The number of aryl methyl sites for hydroxylation is 2. The lowest BCUT2D eigenvalue weighted by atomic mass is 10.3. The molecule has 0 amide bonds. The van der Waals surface area contributed by atoms with Crippen LogP contribution in [0.25, 0.3) is 16.7 Å². The highest BCUT2D eigenvalue weighted by atomic mass is 19.1. The Hall–Kier alpha value is -2.37. The van der Waals surface area contributed by atoms with Gasteiger partial charge in [0.25, 0.3) is 5.65 Å². The van der Waals surface area contributed by atoms with Crippen molar-refractivity contribution in [3.05, 3.63) is 48.1 Å². The molecule has 6 heteroatoms. The van der Waals surface area contributed by atoms with E-state index in [1.54, 1.807) is 24.1 Å². The molecule has 0 spiro atoms. The molecular weight excluding hydrogens is 250 g/mol. The van der Waals surface area contributed by atoms with Crippen LogP contribution >= 0.6 is 0 Å². The number of nitrogens with zero attached hydrogens (tertiary/aromatic N) is 4. The van der Waals surface area contributed by atoms with E-state index in [2.05, 4.69) is 10.1 Å². The van der Waals surface area contributed by atoms with Crippen LogP contribution < -0.4 is 4.57 Å². The highest BCUT2D eigenvalue weighted by Crippen LogP contribution is 2.19. The standard InChI is InChI=1S/C13H11F2N4/c1-8-10-6-17-19(13(10)18(2)7-16-8)12-4-3-9(14)5-11(12)15/h3-7H,1-2H3/q+1. The van der Waals surface area contributed by atoms with Crippen LogP contribution in [-0.4, -0.2) is 14.8 Å². The Morgan fingerprint density at radius 3 is 2.79 bits per heavy atom. The predicted molar refractivity (Wildman–Crippen MR) is 64.7 cm³/mol. The first-order valence-electron chi connectivity index (χ1n) is 5.72. The van der Waals surface area contributed by atoms with E-state index < -0.39 is 11.6 Å². The second kappa shape index (κ2) is 4.08. The molecule has 0 radical (unpaired) electrons. The molecule has 0 atom stereocenters. The monoisotopic (exact) mass is 261 g/mol. The van der Waals surface area contributed by atoms with Crippen LogP contribution in [0.4, 0.5) is 8.78 Å². The Morgan fingerprint density at radius 1 is 1.26 bits per heavy atom. The summed E-state index contributed by atoms with van der Waals surface area (Å²) in [5.41, 5.74) is 1.72. The highest BCUT2D eigenvalue weighted by molar-refractivity contribution is 5.75. The van der Waals surface area contributed by atoms with E-state index in [-0.39, 0.29) is 5.69 Å². The zero-order chi connectivity index (χ0) is 13.6. The van der Waals surface area contributed by atoms with Crippen molar-refractivity contribution < 1.29 is 13.3 Å². The molecule has 0 fully saturated rings. The van der Waals surface area contributed by atoms with Crippen molar-refractivity contribution >= 4 is 11.0 Å². The van der Waals surface area contributed by atoms with E-state index in [4.69, 9.17) is 0 Å². The Bertz CT molecular complexity index is 780. The highest BCUT2D eigenvalue weighted by Gasteiger charge is 2.19. The van der Waals surface area contributed by atoms with Crippen LogP contribution in [0.1, 0.15) is 5.69 Å². The van der Waals surface area contributed by atoms with E-state index in [1.165, 1.54) is 16.8 Å². The van der Waals surface area contributed by atoms with E-state index in [1.807, 2.05) is 6.92 Å².